The third-order valence-corrected chi connectivity index (χ3v) is 8.27. The van der Waals surface area contributed by atoms with E-state index in [9.17, 15) is 4.79 Å². The van der Waals surface area contributed by atoms with Crippen LogP contribution >= 0.6 is 0 Å². The Bertz CT molecular complexity index is 1660. The van der Waals surface area contributed by atoms with Gasteiger partial charge in [0.1, 0.15) is 5.75 Å². The number of fused-ring (bicyclic) bond motifs is 3. The summed E-state index contributed by atoms with van der Waals surface area (Å²) in [5.74, 6) is 2.18. The van der Waals surface area contributed by atoms with Crippen molar-refractivity contribution >= 4 is 12.0 Å². The zero-order chi connectivity index (χ0) is 29.7. The lowest BCUT2D eigenvalue weighted by molar-refractivity contribution is -0.141. The van der Waals surface area contributed by atoms with Gasteiger partial charge in [0.2, 0.25) is 18.4 Å². The molecule has 12 nitrogen and oxygen atoms in total. The van der Waals surface area contributed by atoms with Gasteiger partial charge >= 0.3 is 12.0 Å². The van der Waals surface area contributed by atoms with Crippen molar-refractivity contribution in [3.63, 3.8) is 0 Å². The van der Waals surface area contributed by atoms with E-state index >= 15 is 0 Å². The number of cyclic esters (lactones) is 1. The monoisotopic (exact) mass is 587 g/mol. The summed E-state index contributed by atoms with van der Waals surface area (Å²) in [6, 6.07) is 14.7. The van der Waals surface area contributed by atoms with E-state index in [-0.39, 0.29) is 31.3 Å². The van der Waals surface area contributed by atoms with Gasteiger partial charge in [-0.15, -0.1) is 5.10 Å². The van der Waals surface area contributed by atoms with Crippen molar-refractivity contribution in [3.05, 3.63) is 65.2 Å². The number of nitrogens with zero attached hydrogens (tertiary/aromatic N) is 2. The number of benzene rings is 3. The van der Waals surface area contributed by atoms with Gasteiger partial charge in [0.15, 0.2) is 23.0 Å². The van der Waals surface area contributed by atoms with Crippen molar-refractivity contribution < 1.29 is 42.4 Å². The number of rotatable bonds is 8. The topological polar surface area (TPSA) is 133 Å². The second-order valence-corrected chi connectivity index (χ2v) is 10.4. The fraction of sp³-hybridized carbons (Fsp3) is 0.323. The Hall–Kier alpha value is -5.13. The molecule has 3 heterocycles. The molecular formula is C31H29N3O9. The highest BCUT2D eigenvalue weighted by atomic mass is 16.7. The molecule has 3 aromatic carbocycles. The summed E-state index contributed by atoms with van der Waals surface area (Å²) in [4.78, 5) is 13.5. The number of hydrogen-bond donors (Lipinski definition) is 1. The summed E-state index contributed by atoms with van der Waals surface area (Å²) in [6.45, 7) is 0.310. The number of carbonyl (C=O) groups excluding carboxylic acids is 1. The zero-order valence-corrected chi connectivity index (χ0v) is 23.9. The second kappa shape index (κ2) is 10.6. The van der Waals surface area contributed by atoms with Crippen molar-refractivity contribution in [2.45, 2.75) is 12.0 Å². The van der Waals surface area contributed by atoms with Gasteiger partial charge in [-0.2, -0.15) is 0 Å². The Morgan fingerprint density at radius 1 is 0.814 bits per heavy atom. The molecule has 7 rings (SSSR count). The molecule has 1 saturated heterocycles. The van der Waals surface area contributed by atoms with Crippen molar-refractivity contribution in [2.75, 3.05) is 47.2 Å². The summed E-state index contributed by atoms with van der Waals surface area (Å²) in [6.07, 6.45) is 0. The third-order valence-electron chi connectivity index (χ3n) is 8.27. The minimum atomic E-state index is -0.544. The Kier molecular flexibility index (Phi) is 6.60. The number of nitrogens with one attached hydrogen (secondary N) is 1. The van der Waals surface area contributed by atoms with Crippen LogP contribution in [0.25, 0.3) is 11.5 Å². The van der Waals surface area contributed by atoms with Crippen LogP contribution in [0, 0.1) is 11.8 Å². The van der Waals surface area contributed by atoms with Crippen LogP contribution in [-0.2, 0) is 9.53 Å². The van der Waals surface area contributed by atoms with Crippen LogP contribution in [-0.4, -0.2) is 58.0 Å². The minimum absolute atomic E-state index is 0.106. The molecular weight excluding hydrogens is 558 g/mol. The quantitative estimate of drug-likeness (QED) is 0.289. The molecule has 1 N–H and O–H groups in total. The van der Waals surface area contributed by atoms with Gasteiger partial charge in [-0.25, -0.2) is 0 Å². The molecule has 3 aliphatic rings. The molecule has 0 spiro atoms. The van der Waals surface area contributed by atoms with Crippen molar-refractivity contribution in [3.8, 4) is 46.0 Å². The summed E-state index contributed by atoms with van der Waals surface area (Å²) in [5.41, 5.74) is 3.31. The summed E-state index contributed by atoms with van der Waals surface area (Å²) >= 11 is 0. The van der Waals surface area contributed by atoms with Crippen LogP contribution in [0.5, 0.6) is 34.5 Å². The summed E-state index contributed by atoms with van der Waals surface area (Å²) in [7, 11) is 6.28. The molecule has 2 aliphatic heterocycles. The molecule has 12 heteroatoms. The van der Waals surface area contributed by atoms with Gasteiger partial charge in [-0.05, 0) is 65.2 Å². The fourth-order valence-corrected chi connectivity index (χ4v) is 6.29. The molecule has 4 atom stereocenters. The first-order valence-electron chi connectivity index (χ1n) is 13.7. The predicted molar refractivity (Wildman–Crippen MR) is 151 cm³/mol. The Morgan fingerprint density at radius 2 is 1.51 bits per heavy atom. The second-order valence-electron chi connectivity index (χ2n) is 10.4. The summed E-state index contributed by atoms with van der Waals surface area (Å²) < 4.78 is 45.3. The minimum Gasteiger partial charge on any atom is -0.497 e. The lowest BCUT2D eigenvalue weighted by atomic mass is 9.65. The molecule has 0 radical (unpaired) electrons. The van der Waals surface area contributed by atoms with Crippen LogP contribution in [0.4, 0.5) is 6.01 Å². The highest BCUT2D eigenvalue weighted by Gasteiger charge is 2.53. The first-order chi connectivity index (χ1) is 21.0. The average Bonchev–Trinajstić information content (AvgIpc) is 3.80. The number of aromatic nitrogens is 2. The Morgan fingerprint density at radius 3 is 2.16 bits per heavy atom. The lowest BCUT2D eigenvalue weighted by Gasteiger charge is -2.39. The number of esters is 1. The van der Waals surface area contributed by atoms with Crippen molar-refractivity contribution in [1.82, 2.24) is 10.2 Å². The third kappa shape index (κ3) is 4.41. The highest BCUT2D eigenvalue weighted by Crippen LogP contribution is 2.56. The van der Waals surface area contributed by atoms with E-state index in [2.05, 4.69) is 15.5 Å². The maximum Gasteiger partial charge on any atom is 0.316 e. The largest absolute Gasteiger partial charge is 0.497 e. The van der Waals surface area contributed by atoms with Crippen LogP contribution in [0.1, 0.15) is 28.7 Å². The molecule has 1 aliphatic carbocycles. The highest BCUT2D eigenvalue weighted by molar-refractivity contribution is 5.79. The smallest absolute Gasteiger partial charge is 0.316 e. The van der Waals surface area contributed by atoms with Crippen molar-refractivity contribution in [2.24, 2.45) is 11.8 Å². The van der Waals surface area contributed by atoms with E-state index in [1.165, 1.54) is 0 Å². The van der Waals surface area contributed by atoms with Crippen molar-refractivity contribution in [1.29, 1.82) is 0 Å². The van der Waals surface area contributed by atoms with Gasteiger partial charge in [-0.1, -0.05) is 5.10 Å². The van der Waals surface area contributed by atoms with Gasteiger partial charge in [0.05, 0.1) is 47.0 Å². The predicted octanol–water partition coefficient (Wildman–Crippen LogP) is 4.59. The van der Waals surface area contributed by atoms with Gasteiger partial charge in [0.25, 0.3) is 0 Å². The number of hydrogen-bond acceptors (Lipinski definition) is 12. The maximum absolute atomic E-state index is 13.5. The number of methoxy groups -OCH3 is 4. The Balaban J connectivity index is 1.33. The van der Waals surface area contributed by atoms with Gasteiger partial charge in [-0.3, -0.25) is 4.79 Å². The molecule has 0 bridgehead atoms. The van der Waals surface area contributed by atoms with E-state index < -0.39 is 17.9 Å². The first-order valence-corrected chi connectivity index (χ1v) is 13.7. The van der Waals surface area contributed by atoms with E-state index in [4.69, 9.17) is 37.6 Å². The summed E-state index contributed by atoms with van der Waals surface area (Å²) in [5, 5.41) is 11.9. The zero-order valence-electron chi connectivity index (χ0n) is 23.9. The lowest BCUT2D eigenvalue weighted by Crippen LogP contribution is -2.37. The molecule has 222 valence electrons. The molecule has 0 amide bonds. The first kappa shape index (κ1) is 26.7. The van der Waals surface area contributed by atoms with Gasteiger partial charge < -0.3 is 42.9 Å². The van der Waals surface area contributed by atoms with Gasteiger partial charge in [0, 0.05) is 17.4 Å². The van der Waals surface area contributed by atoms with Crippen LogP contribution in [0.2, 0.25) is 0 Å². The van der Waals surface area contributed by atoms with E-state index in [1.807, 2.05) is 48.5 Å². The van der Waals surface area contributed by atoms with Crippen LogP contribution < -0.4 is 33.7 Å². The molecule has 0 saturated carbocycles. The van der Waals surface area contributed by atoms with E-state index in [0.29, 0.717) is 34.6 Å². The normalized spacial score (nSPS) is 21.4. The molecule has 43 heavy (non-hydrogen) atoms. The van der Waals surface area contributed by atoms with E-state index in [1.54, 1.807) is 28.4 Å². The molecule has 0 unspecified atom stereocenters. The molecule has 1 aromatic heterocycles. The molecule has 1 fully saturated rings. The maximum atomic E-state index is 13.5. The fourth-order valence-electron chi connectivity index (χ4n) is 6.29. The van der Waals surface area contributed by atoms with Crippen LogP contribution in [0.3, 0.4) is 0 Å². The van der Waals surface area contributed by atoms with E-state index in [0.717, 1.165) is 28.0 Å². The number of carbonyl (C=O) groups is 1. The molecule has 4 aromatic rings. The number of anilines is 1. The number of ether oxygens (including phenoxy) is 7. The SMILES string of the molecule is COc1ccc(-c2nnc(N[C@@H]3c4cc5c(cc4[C@@H](c4cc(OC)c(OC)c(OC)c4)[C@H]4C(=O)OC[C@@H]43)OCO5)o2)cc1. The standard InChI is InChI=1S/C31H29N3O9/c1-36-17-7-5-15(6-8-17)29-33-34-31(43-29)32-27-19-12-22-21(41-14-42-22)11-18(19)25(26-20(27)13-40-30(26)35)16-9-23(37-2)28(39-4)24(10-16)38-3/h5-12,20,25-27H,13-14H2,1-4H3,(H,32,34)/t20-,25+,26-,27+/m0/s1. The van der Waals surface area contributed by atoms with Crippen LogP contribution in [0.15, 0.2) is 52.9 Å². The average molecular weight is 588 g/mol. The Labute approximate surface area is 246 Å².